The zero-order chi connectivity index (χ0) is 4.50. The van der Waals surface area contributed by atoms with Gasteiger partial charge in [-0.25, -0.2) is 0 Å². The van der Waals surface area contributed by atoms with E-state index in [1.807, 2.05) is 0 Å². The first kappa shape index (κ1) is 9.78. The molecule has 6 heavy (non-hydrogen) atoms. The molecule has 0 amide bonds. The minimum Gasteiger partial charge on any atom is -0.353 e. The highest BCUT2D eigenvalue weighted by Gasteiger charge is 1.88. The number of hydrogen-bond acceptors (Lipinski definition) is 2. The van der Waals surface area contributed by atoms with Crippen LogP contribution >= 0.6 is 6.37 Å². The van der Waals surface area contributed by atoms with Crippen molar-refractivity contribution in [2.75, 3.05) is 0 Å². The molecule has 0 atom stereocenters. The molecule has 5 N–H and O–H groups in total. The van der Waals surface area contributed by atoms with E-state index >= 15 is 0 Å². The minimum atomic E-state index is -2.81. The lowest BCUT2D eigenvalue weighted by atomic mass is 10.8. The van der Waals surface area contributed by atoms with E-state index < -0.39 is 6.37 Å². The van der Waals surface area contributed by atoms with Gasteiger partial charge in [0.05, 0.1) is 0 Å². The summed E-state index contributed by atoms with van der Waals surface area (Å²) < 4.78 is 0. The Hall–Kier alpha value is 0.595. The molecule has 0 rings (SSSR count). The third-order valence-corrected chi connectivity index (χ3v) is 0. The molecule has 0 saturated heterocycles. The number of hydrogen-bond donors (Lipinski definition) is 3. The van der Waals surface area contributed by atoms with Crippen molar-refractivity contribution in [3.8, 4) is 0 Å². The highest BCUT2D eigenvalue weighted by atomic mass is 32.4. The zero-order valence-electron chi connectivity index (χ0n) is 3.46. The van der Waals surface area contributed by atoms with Gasteiger partial charge in [-0.1, -0.05) is 0 Å². The Bertz CT molecular complexity index is 59.7. The van der Waals surface area contributed by atoms with Gasteiger partial charge < -0.3 is 15.9 Å². The van der Waals surface area contributed by atoms with Crippen molar-refractivity contribution in [1.82, 2.24) is 6.15 Å². The molecule has 0 aromatic heterocycles. The molecule has 3 nitrogen and oxygen atoms in total. The summed E-state index contributed by atoms with van der Waals surface area (Å²) in [6.45, 7) is 0. The molecule has 0 saturated carbocycles. The second-order valence-electron chi connectivity index (χ2n) is 0.835. The first-order valence-electron chi connectivity index (χ1n) is 1.03. The maximum Gasteiger partial charge on any atom is 0.213 e. The highest BCUT2D eigenvalue weighted by molar-refractivity contribution is 8.20. The fourth-order valence-electron chi connectivity index (χ4n) is 0. The van der Waals surface area contributed by atoms with Crippen molar-refractivity contribution >= 4 is 25.7 Å². The van der Waals surface area contributed by atoms with E-state index in [0.717, 1.165) is 0 Å². The van der Waals surface area contributed by atoms with Gasteiger partial charge in [0.2, 0.25) is 7.57 Å². The normalized spacial score (nSPS) is 9.67. The Morgan fingerprint density at radius 2 is 1.50 bits per heavy atom. The van der Waals surface area contributed by atoms with E-state index in [0.29, 0.717) is 0 Å². The monoisotopic (exact) mass is 127 g/mol. The molecule has 38 valence electrons. The lowest BCUT2D eigenvalue weighted by molar-refractivity contribution is 0.500. The molecule has 0 aromatic rings. The van der Waals surface area contributed by atoms with Crippen LogP contribution in [0.2, 0.25) is 0 Å². The standard InChI is InChI=1S/BH4O2PS.H3N/c1-4(2,3)5;/h1H2,(H2,2,3,5);1H3. The van der Waals surface area contributed by atoms with Crippen LogP contribution in [-0.4, -0.2) is 17.4 Å². The lowest BCUT2D eigenvalue weighted by Crippen LogP contribution is -1.67. The Morgan fingerprint density at radius 1 is 1.50 bits per heavy atom. The van der Waals surface area contributed by atoms with Gasteiger partial charge in [0.15, 0.2) is 0 Å². The second-order valence-corrected chi connectivity index (χ2v) is 4.58. The van der Waals surface area contributed by atoms with Gasteiger partial charge in [-0.05, 0) is 11.8 Å². The maximum absolute atomic E-state index is 8.00. The van der Waals surface area contributed by atoms with Gasteiger partial charge in [0.1, 0.15) is 6.37 Å². The summed E-state index contributed by atoms with van der Waals surface area (Å²) >= 11 is 4.05. The third-order valence-electron chi connectivity index (χ3n) is 0. The molecule has 6 heteroatoms. The zero-order valence-corrected chi connectivity index (χ0v) is 5.17. The molecule has 0 aliphatic heterocycles. The first-order chi connectivity index (χ1) is 2.00. The molecule has 0 heterocycles. The molecular weight excluding hydrogens is 120 g/mol. The van der Waals surface area contributed by atoms with Crippen LogP contribution in [0.25, 0.3) is 0 Å². The molecule has 0 fully saturated rings. The molecule has 0 aliphatic carbocycles. The third kappa shape index (κ3) is 168. The van der Waals surface area contributed by atoms with Crippen LogP contribution in [0.15, 0.2) is 0 Å². The summed E-state index contributed by atoms with van der Waals surface area (Å²) in [7, 11) is 1.22. The smallest absolute Gasteiger partial charge is 0.213 e. The van der Waals surface area contributed by atoms with Gasteiger partial charge in [0.25, 0.3) is 0 Å². The average Bonchev–Trinajstić information content (AvgIpc) is 0.722. The Balaban J connectivity index is 0. The Morgan fingerprint density at radius 3 is 1.50 bits per heavy atom. The van der Waals surface area contributed by atoms with Crippen LogP contribution in [0.1, 0.15) is 0 Å². The van der Waals surface area contributed by atoms with E-state index in [-0.39, 0.29) is 6.15 Å². The maximum atomic E-state index is 8.00. The van der Waals surface area contributed by atoms with E-state index in [4.69, 9.17) is 9.79 Å². The van der Waals surface area contributed by atoms with E-state index in [2.05, 4.69) is 11.8 Å². The molecule has 0 aliphatic rings. The summed E-state index contributed by atoms with van der Waals surface area (Å²) in [4.78, 5) is 16.0. The van der Waals surface area contributed by atoms with Crippen LogP contribution in [-0.2, 0) is 11.8 Å². The predicted octanol–water partition coefficient (Wildman–Crippen LogP) is -1.01. The summed E-state index contributed by atoms with van der Waals surface area (Å²) in [5.74, 6) is 0. The van der Waals surface area contributed by atoms with Gasteiger partial charge >= 0.3 is 0 Å². The predicted molar refractivity (Wildman–Crippen MR) is 32.3 cm³/mol. The van der Waals surface area contributed by atoms with Crippen LogP contribution in [0, 0.1) is 0 Å². The Kier molecular flexibility index (Phi) is 4.43. The van der Waals surface area contributed by atoms with Crippen LogP contribution < -0.4 is 6.15 Å². The lowest BCUT2D eigenvalue weighted by Gasteiger charge is -1.90. The summed E-state index contributed by atoms with van der Waals surface area (Å²) in [6.07, 6.45) is -2.81. The molecule has 0 spiro atoms. The van der Waals surface area contributed by atoms with Gasteiger partial charge in [-0.15, -0.1) is 0 Å². The van der Waals surface area contributed by atoms with Gasteiger partial charge in [-0.2, -0.15) is 0 Å². The topological polar surface area (TPSA) is 75.5 Å². The fraction of sp³-hybridized carbons (Fsp3) is 0. The van der Waals surface area contributed by atoms with Gasteiger partial charge in [-0.3, -0.25) is 0 Å². The van der Waals surface area contributed by atoms with Crippen molar-refractivity contribution < 1.29 is 9.79 Å². The summed E-state index contributed by atoms with van der Waals surface area (Å²) in [5, 5.41) is 0. The second kappa shape index (κ2) is 2.72. The minimum absolute atomic E-state index is 0. The molecule has 0 aromatic carbocycles. The number of rotatable bonds is 0. The van der Waals surface area contributed by atoms with Gasteiger partial charge in [0, 0.05) is 0 Å². The molecule has 0 unspecified atom stereocenters. The molecule has 0 bridgehead atoms. The summed E-state index contributed by atoms with van der Waals surface area (Å²) in [5.41, 5.74) is 0. The van der Waals surface area contributed by atoms with Crippen molar-refractivity contribution in [2.45, 2.75) is 0 Å². The average molecular weight is 127 g/mol. The largest absolute Gasteiger partial charge is 0.353 e. The molecular formula is H7BNO2PS. The molecule has 0 radical (unpaired) electrons. The van der Waals surface area contributed by atoms with Crippen LogP contribution in [0.3, 0.4) is 0 Å². The summed E-state index contributed by atoms with van der Waals surface area (Å²) in [6, 6.07) is 0. The van der Waals surface area contributed by atoms with Crippen molar-refractivity contribution in [1.29, 1.82) is 0 Å². The van der Waals surface area contributed by atoms with E-state index in [1.54, 1.807) is 0 Å². The first-order valence-corrected chi connectivity index (χ1v) is 4.18. The Labute approximate surface area is 42.5 Å². The highest BCUT2D eigenvalue weighted by Crippen LogP contribution is 2.25. The quantitative estimate of drug-likeness (QED) is 0.288. The van der Waals surface area contributed by atoms with E-state index in [1.165, 1.54) is 7.57 Å². The van der Waals surface area contributed by atoms with Crippen molar-refractivity contribution in [2.24, 2.45) is 0 Å². The SMILES string of the molecule is BP(O)(O)=S.N. The van der Waals surface area contributed by atoms with Crippen LogP contribution in [0.5, 0.6) is 0 Å². The van der Waals surface area contributed by atoms with Crippen LogP contribution in [0.4, 0.5) is 0 Å². The fourth-order valence-corrected chi connectivity index (χ4v) is 0. The van der Waals surface area contributed by atoms with Crippen molar-refractivity contribution in [3.05, 3.63) is 0 Å². The van der Waals surface area contributed by atoms with E-state index in [9.17, 15) is 0 Å². The van der Waals surface area contributed by atoms with Crippen molar-refractivity contribution in [3.63, 3.8) is 0 Å².